The van der Waals surface area contributed by atoms with Gasteiger partial charge in [-0.3, -0.25) is 4.79 Å². The molecule has 6 heteroatoms. The summed E-state index contributed by atoms with van der Waals surface area (Å²) in [6, 6.07) is 8.82. The molecule has 0 aliphatic rings. The number of ether oxygens (including phenoxy) is 1. The Bertz CT molecular complexity index is 663. The summed E-state index contributed by atoms with van der Waals surface area (Å²) >= 11 is 0. The molecule has 1 atom stereocenters. The second kappa shape index (κ2) is 8.29. The third-order valence-electron chi connectivity index (χ3n) is 3.60. The number of carbonyl (C=O) groups excluding carboxylic acids is 2. The molecule has 1 aromatic carbocycles. The molecule has 0 aliphatic carbocycles. The maximum atomic E-state index is 12.2. The molecule has 1 amide bonds. The van der Waals surface area contributed by atoms with Gasteiger partial charge in [0.25, 0.3) is 0 Å². The maximum absolute atomic E-state index is 12.2. The first-order valence-electron chi connectivity index (χ1n) is 7.95. The van der Waals surface area contributed by atoms with Crippen molar-refractivity contribution in [3.63, 3.8) is 0 Å². The molecule has 0 radical (unpaired) electrons. The Hall–Kier alpha value is -2.63. The molecule has 128 valence electrons. The van der Waals surface area contributed by atoms with Gasteiger partial charge in [-0.05, 0) is 36.1 Å². The molecule has 6 nitrogen and oxygen atoms in total. The summed E-state index contributed by atoms with van der Waals surface area (Å²) in [4.78, 5) is 24.0. The van der Waals surface area contributed by atoms with Crippen LogP contribution < -0.4 is 5.32 Å². The van der Waals surface area contributed by atoms with Crippen LogP contribution in [0.5, 0.6) is 0 Å². The Balaban J connectivity index is 1.96. The van der Waals surface area contributed by atoms with Gasteiger partial charge in [0.1, 0.15) is 6.04 Å². The van der Waals surface area contributed by atoms with E-state index in [4.69, 9.17) is 4.74 Å². The van der Waals surface area contributed by atoms with E-state index in [1.165, 1.54) is 7.11 Å². The molecule has 2 rings (SSSR count). The van der Waals surface area contributed by atoms with E-state index in [0.717, 1.165) is 11.3 Å². The normalized spacial score (nSPS) is 12.0. The summed E-state index contributed by atoms with van der Waals surface area (Å²) in [6.45, 7) is 3.99. The third kappa shape index (κ3) is 4.94. The molecular formula is C18H23N3O3. The molecule has 0 saturated carbocycles. The second-order valence-electron chi connectivity index (χ2n) is 6.07. The first-order chi connectivity index (χ1) is 11.5. The van der Waals surface area contributed by atoms with Crippen LogP contribution in [0.4, 0.5) is 0 Å². The lowest BCUT2D eigenvalue weighted by Crippen LogP contribution is -2.43. The highest BCUT2D eigenvalue weighted by atomic mass is 16.5. The van der Waals surface area contributed by atoms with Crippen molar-refractivity contribution in [1.82, 2.24) is 15.1 Å². The van der Waals surface area contributed by atoms with Gasteiger partial charge < -0.3 is 10.1 Å². The molecule has 1 heterocycles. The largest absolute Gasteiger partial charge is 0.467 e. The predicted molar refractivity (Wildman–Crippen MR) is 90.7 cm³/mol. The number of esters is 1. The molecule has 0 unspecified atom stereocenters. The average Bonchev–Trinajstić information content (AvgIpc) is 3.08. The number of methoxy groups -OCH3 is 1. The molecule has 24 heavy (non-hydrogen) atoms. The third-order valence-corrected chi connectivity index (χ3v) is 3.60. The van der Waals surface area contributed by atoms with Crippen LogP contribution in [0.25, 0.3) is 5.69 Å². The average molecular weight is 329 g/mol. The van der Waals surface area contributed by atoms with Gasteiger partial charge in [-0.1, -0.05) is 26.0 Å². The Morgan fingerprint density at radius 1 is 1.25 bits per heavy atom. The van der Waals surface area contributed by atoms with Crippen LogP contribution in [-0.2, 0) is 20.7 Å². The Labute approximate surface area is 141 Å². The van der Waals surface area contributed by atoms with Crippen LogP contribution in [0.3, 0.4) is 0 Å². The first kappa shape index (κ1) is 17.7. The quantitative estimate of drug-likeness (QED) is 0.790. The highest BCUT2D eigenvalue weighted by Gasteiger charge is 2.22. The minimum atomic E-state index is -0.606. The smallest absolute Gasteiger partial charge is 0.328 e. The molecule has 0 aliphatic heterocycles. The van der Waals surface area contributed by atoms with Crippen LogP contribution in [-0.4, -0.2) is 34.8 Å². The summed E-state index contributed by atoms with van der Waals surface area (Å²) in [7, 11) is 1.33. The van der Waals surface area contributed by atoms with Crippen LogP contribution >= 0.6 is 0 Å². The van der Waals surface area contributed by atoms with Gasteiger partial charge in [0.2, 0.25) is 5.91 Å². The minimum absolute atomic E-state index is 0.196. The van der Waals surface area contributed by atoms with Gasteiger partial charge in [0.15, 0.2) is 0 Å². The van der Waals surface area contributed by atoms with Crippen molar-refractivity contribution >= 4 is 11.9 Å². The number of amides is 1. The fraction of sp³-hybridized carbons (Fsp3) is 0.389. The highest BCUT2D eigenvalue weighted by Crippen LogP contribution is 2.10. The molecular weight excluding hydrogens is 306 g/mol. The van der Waals surface area contributed by atoms with Gasteiger partial charge in [-0.25, -0.2) is 9.48 Å². The van der Waals surface area contributed by atoms with E-state index in [9.17, 15) is 9.59 Å². The number of benzene rings is 1. The Kier molecular flexibility index (Phi) is 6.12. The lowest BCUT2D eigenvalue weighted by molar-refractivity contribution is -0.145. The zero-order chi connectivity index (χ0) is 17.5. The summed E-state index contributed by atoms with van der Waals surface area (Å²) in [5.74, 6) is -0.327. The van der Waals surface area contributed by atoms with Crippen molar-refractivity contribution in [2.75, 3.05) is 7.11 Å². The number of carbonyl (C=O) groups is 2. The lowest BCUT2D eigenvalue weighted by Gasteiger charge is -2.18. The zero-order valence-corrected chi connectivity index (χ0v) is 14.2. The van der Waals surface area contributed by atoms with Crippen molar-refractivity contribution < 1.29 is 14.3 Å². The van der Waals surface area contributed by atoms with Crippen LogP contribution in [0.2, 0.25) is 0 Å². The fourth-order valence-corrected chi connectivity index (χ4v) is 2.45. The molecule has 0 fully saturated rings. The van der Waals surface area contributed by atoms with Crippen LogP contribution in [0, 0.1) is 5.92 Å². The van der Waals surface area contributed by atoms with Crippen molar-refractivity contribution in [2.45, 2.75) is 32.7 Å². The maximum Gasteiger partial charge on any atom is 0.328 e. The van der Waals surface area contributed by atoms with E-state index in [1.807, 2.05) is 50.4 Å². The van der Waals surface area contributed by atoms with E-state index in [0.29, 0.717) is 6.42 Å². The standard InChI is InChI=1S/C18H23N3O3/c1-13(2)11-16(18(23)24-3)20-17(22)12-14-5-7-15(8-6-14)21-10-4-9-19-21/h4-10,13,16H,11-12H2,1-3H3,(H,20,22)/t16-/m1/s1. The number of nitrogens with zero attached hydrogens (tertiary/aromatic N) is 2. The second-order valence-corrected chi connectivity index (χ2v) is 6.07. The van der Waals surface area contributed by atoms with Crippen molar-refractivity contribution in [3.05, 3.63) is 48.3 Å². The van der Waals surface area contributed by atoms with Crippen molar-refractivity contribution in [2.24, 2.45) is 5.92 Å². The van der Waals surface area contributed by atoms with Gasteiger partial charge in [-0.2, -0.15) is 5.10 Å². The summed E-state index contributed by atoms with van der Waals surface area (Å²) in [5.41, 5.74) is 1.80. The molecule has 1 aromatic heterocycles. The molecule has 0 spiro atoms. The number of hydrogen-bond donors (Lipinski definition) is 1. The van der Waals surface area contributed by atoms with E-state index >= 15 is 0 Å². The van der Waals surface area contributed by atoms with E-state index in [-0.39, 0.29) is 18.2 Å². The van der Waals surface area contributed by atoms with E-state index < -0.39 is 12.0 Å². The molecule has 1 N–H and O–H groups in total. The number of rotatable bonds is 7. The van der Waals surface area contributed by atoms with Crippen molar-refractivity contribution in [1.29, 1.82) is 0 Å². The molecule has 0 saturated heterocycles. The summed E-state index contributed by atoms with van der Waals surface area (Å²) in [5, 5.41) is 6.92. The highest BCUT2D eigenvalue weighted by molar-refractivity contribution is 5.85. The van der Waals surface area contributed by atoms with Gasteiger partial charge in [-0.15, -0.1) is 0 Å². The predicted octanol–water partition coefficient (Wildman–Crippen LogP) is 2.12. The topological polar surface area (TPSA) is 73.2 Å². The van der Waals surface area contributed by atoms with Crippen LogP contribution in [0.1, 0.15) is 25.8 Å². The summed E-state index contributed by atoms with van der Waals surface area (Å²) in [6.07, 6.45) is 4.33. The zero-order valence-electron chi connectivity index (χ0n) is 14.2. The monoisotopic (exact) mass is 329 g/mol. The summed E-state index contributed by atoms with van der Waals surface area (Å²) < 4.78 is 6.51. The fourth-order valence-electron chi connectivity index (χ4n) is 2.45. The SMILES string of the molecule is COC(=O)[C@@H](CC(C)C)NC(=O)Cc1ccc(-n2cccn2)cc1. The first-order valence-corrected chi connectivity index (χ1v) is 7.95. The Morgan fingerprint density at radius 2 is 1.96 bits per heavy atom. The van der Waals surface area contributed by atoms with Crippen LogP contribution in [0.15, 0.2) is 42.7 Å². The lowest BCUT2D eigenvalue weighted by atomic mass is 10.0. The van der Waals surface area contributed by atoms with Gasteiger partial charge in [0, 0.05) is 12.4 Å². The molecule has 2 aromatic rings. The van der Waals surface area contributed by atoms with E-state index in [1.54, 1.807) is 10.9 Å². The number of nitrogens with one attached hydrogen (secondary N) is 1. The van der Waals surface area contributed by atoms with E-state index in [2.05, 4.69) is 10.4 Å². The minimum Gasteiger partial charge on any atom is -0.467 e. The van der Waals surface area contributed by atoms with Gasteiger partial charge in [0.05, 0.1) is 19.2 Å². The number of aromatic nitrogens is 2. The molecule has 0 bridgehead atoms. The van der Waals surface area contributed by atoms with Crippen molar-refractivity contribution in [3.8, 4) is 5.69 Å². The van der Waals surface area contributed by atoms with Gasteiger partial charge >= 0.3 is 5.97 Å². The number of hydrogen-bond acceptors (Lipinski definition) is 4. The Morgan fingerprint density at radius 3 is 2.50 bits per heavy atom.